The first-order valence-electron chi connectivity index (χ1n) is 7.34. The van der Waals surface area contributed by atoms with Crippen LogP contribution in [0.2, 0.25) is 0 Å². The van der Waals surface area contributed by atoms with Crippen LogP contribution in [0.4, 0.5) is 0 Å². The van der Waals surface area contributed by atoms with E-state index >= 15 is 0 Å². The topological polar surface area (TPSA) is 75.1 Å². The number of aromatic amines is 1. The molecule has 0 unspecified atom stereocenters. The van der Waals surface area contributed by atoms with Gasteiger partial charge in [0.2, 0.25) is 0 Å². The minimum Gasteiger partial charge on any atom is -0.351 e. The van der Waals surface area contributed by atoms with E-state index in [-0.39, 0.29) is 5.91 Å². The van der Waals surface area contributed by atoms with Crippen LogP contribution in [0.25, 0.3) is 16.6 Å². The van der Waals surface area contributed by atoms with Crippen molar-refractivity contribution in [2.75, 3.05) is 0 Å². The van der Waals surface area contributed by atoms with E-state index in [0.29, 0.717) is 12.2 Å². The monoisotopic (exact) mass is 305 g/mol. The van der Waals surface area contributed by atoms with E-state index in [2.05, 4.69) is 26.3 Å². The zero-order valence-corrected chi connectivity index (χ0v) is 12.6. The van der Waals surface area contributed by atoms with Gasteiger partial charge in [-0.3, -0.25) is 14.2 Å². The second kappa shape index (κ2) is 5.24. The number of carbonyl (C=O) groups is 1. The number of fused-ring (bicyclic) bond motifs is 2. The maximum atomic E-state index is 12.3. The van der Waals surface area contributed by atoms with Gasteiger partial charge < -0.3 is 10.3 Å². The van der Waals surface area contributed by atoms with Crippen LogP contribution in [-0.2, 0) is 6.54 Å². The van der Waals surface area contributed by atoms with Crippen molar-refractivity contribution < 1.29 is 4.79 Å². The summed E-state index contributed by atoms with van der Waals surface area (Å²) in [6, 6.07) is 7.93. The van der Waals surface area contributed by atoms with Crippen LogP contribution in [0.3, 0.4) is 0 Å². The van der Waals surface area contributed by atoms with Gasteiger partial charge in [0.05, 0.1) is 24.6 Å². The van der Waals surface area contributed by atoms with Crippen molar-refractivity contribution in [1.82, 2.24) is 24.7 Å². The summed E-state index contributed by atoms with van der Waals surface area (Å²) in [6.07, 6.45) is 6.95. The predicted molar refractivity (Wildman–Crippen MR) is 87.2 cm³/mol. The molecule has 3 heterocycles. The molecular formula is C17H15N5O. The third kappa shape index (κ3) is 2.44. The Labute approximate surface area is 132 Å². The van der Waals surface area contributed by atoms with Gasteiger partial charge in [0.1, 0.15) is 5.69 Å². The van der Waals surface area contributed by atoms with Crippen LogP contribution in [-0.4, -0.2) is 25.3 Å². The fourth-order valence-corrected chi connectivity index (χ4v) is 2.67. The van der Waals surface area contributed by atoms with Crippen molar-refractivity contribution in [1.29, 1.82) is 0 Å². The fourth-order valence-electron chi connectivity index (χ4n) is 2.67. The lowest BCUT2D eigenvalue weighted by Crippen LogP contribution is -2.23. The smallest absolute Gasteiger partial charge is 0.268 e. The van der Waals surface area contributed by atoms with Crippen molar-refractivity contribution in [3.8, 4) is 0 Å². The van der Waals surface area contributed by atoms with Gasteiger partial charge in [0.25, 0.3) is 5.91 Å². The molecule has 1 aromatic carbocycles. The molecule has 0 fully saturated rings. The van der Waals surface area contributed by atoms with Crippen LogP contribution in [0.15, 0.2) is 49.1 Å². The minimum absolute atomic E-state index is 0.136. The summed E-state index contributed by atoms with van der Waals surface area (Å²) < 4.78 is 1.90. The Morgan fingerprint density at radius 1 is 1.30 bits per heavy atom. The van der Waals surface area contributed by atoms with E-state index in [4.69, 9.17) is 0 Å². The lowest BCUT2D eigenvalue weighted by atomic mass is 10.2. The van der Waals surface area contributed by atoms with E-state index in [9.17, 15) is 4.79 Å². The molecule has 0 aliphatic carbocycles. The summed E-state index contributed by atoms with van der Waals surface area (Å²) in [7, 11) is 0. The molecule has 0 aliphatic heterocycles. The molecule has 0 bridgehead atoms. The van der Waals surface area contributed by atoms with E-state index in [0.717, 1.165) is 22.2 Å². The fraction of sp³-hybridized carbons (Fsp3) is 0.118. The van der Waals surface area contributed by atoms with Gasteiger partial charge >= 0.3 is 0 Å². The van der Waals surface area contributed by atoms with Crippen LogP contribution >= 0.6 is 0 Å². The zero-order valence-electron chi connectivity index (χ0n) is 12.6. The van der Waals surface area contributed by atoms with Gasteiger partial charge in [-0.2, -0.15) is 0 Å². The van der Waals surface area contributed by atoms with Gasteiger partial charge in [-0.05, 0) is 25.1 Å². The summed E-state index contributed by atoms with van der Waals surface area (Å²) in [6.45, 7) is 2.43. The predicted octanol–water partition coefficient (Wildman–Crippen LogP) is 2.45. The highest BCUT2D eigenvalue weighted by Gasteiger charge is 2.10. The number of H-pyrrole nitrogens is 1. The second-order valence-corrected chi connectivity index (χ2v) is 5.51. The lowest BCUT2D eigenvalue weighted by molar-refractivity contribution is 0.0946. The Kier molecular flexibility index (Phi) is 3.08. The van der Waals surface area contributed by atoms with Gasteiger partial charge in [0, 0.05) is 23.3 Å². The van der Waals surface area contributed by atoms with Gasteiger partial charge in [-0.15, -0.1) is 0 Å². The standard InChI is InChI=1S/C17H15N5O/c1-11-2-3-14-12(6-11)7-15(21-14)17(23)20-9-13-8-19-16-10-18-4-5-22(13)16/h2-8,10,21H,9H2,1H3,(H,20,23). The summed E-state index contributed by atoms with van der Waals surface area (Å²) >= 11 is 0. The molecule has 6 nitrogen and oxygen atoms in total. The summed E-state index contributed by atoms with van der Waals surface area (Å²) in [5.74, 6) is -0.136. The SMILES string of the molecule is Cc1ccc2[nH]c(C(=O)NCc3cnc4cnccn34)cc2c1. The van der Waals surface area contributed by atoms with Gasteiger partial charge in [0.15, 0.2) is 5.65 Å². The average molecular weight is 305 g/mol. The maximum absolute atomic E-state index is 12.3. The van der Waals surface area contributed by atoms with Crippen molar-refractivity contribution in [2.24, 2.45) is 0 Å². The number of aryl methyl sites for hydroxylation is 1. The second-order valence-electron chi connectivity index (χ2n) is 5.51. The quantitative estimate of drug-likeness (QED) is 0.610. The Hall–Kier alpha value is -3.15. The van der Waals surface area contributed by atoms with Gasteiger partial charge in [-0.25, -0.2) is 4.98 Å². The van der Waals surface area contributed by atoms with Gasteiger partial charge in [-0.1, -0.05) is 11.6 Å². The number of amides is 1. The molecule has 0 aliphatic rings. The molecule has 1 amide bonds. The summed E-state index contributed by atoms with van der Waals surface area (Å²) in [5.41, 5.74) is 4.35. The van der Waals surface area contributed by atoms with Crippen LogP contribution in [0, 0.1) is 6.92 Å². The highest BCUT2D eigenvalue weighted by Crippen LogP contribution is 2.17. The normalized spacial score (nSPS) is 11.2. The molecule has 2 N–H and O–H groups in total. The third-order valence-corrected chi connectivity index (χ3v) is 3.84. The number of rotatable bonds is 3. The Morgan fingerprint density at radius 3 is 3.13 bits per heavy atom. The number of nitrogens with one attached hydrogen (secondary N) is 2. The Balaban J connectivity index is 1.55. The number of aromatic nitrogens is 4. The largest absolute Gasteiger partial charge is 0.351 e. The van der Waals surface area contributed by atoms with E-state index in [1.54, 1.807) is 18.6 Å². The van der Waals surface area contributed by atoms with Crippen LogP contribution in [0.1, 0.15) is 21.7 Å². The summed E-state index contributed by atoms with van der Waals surface area (Å²) in [4.78, 5) is 23.8. The molecule has 0 spiro atoms. The number of nitrogens with zero attached hydrogens (tertiary/aromatic N) is 3. The van der Waals surface area contributed by atoms with Crippen molar-refractivity contribution in [2.45, 2.75) is 13.5 Å². The molecule has 0 atom stereocenters. The molecule has 6 heteroatoms. The zero-order chi connectivity index (χ0) is 15.8. The molecule has 0 saturated heterocycles. The summed E-state index contributed by atoms with van der Waals surface area (Å²) in [5, 5.41) is 3.96. The number of carbonyl (C=O) groups excluding carboxylic acids is 1. The molecule has 4 rings (SSSR count). The number of hydrogen-bond acceptors (Lipinski definition) is 3. The van der Waals surface area contributed by atoms with Crippen molar-refractivity contribution in [3.63, 3.8) is 0 Å². The molecule has 0 radical (unpaired) electrons. The average Bonchev–Trinajstić information content (AvgIpc) is 3.16. The number of imidazole rings is 1. The third-order valence-electron chi connectivity index (χ3n) is 3.84. The molecule has 114 valence electrons. The van der Waals surface area contributed by atoms with Crippen LogP contribution in [0.5, 0.6) is 0 Å². The van der Waals surface area contributed by atoms with Crippen LogP contribution < -0.4 is 5.32 Å². The first-order chi connectivity index (χ1) is 11.2. The Morgan fingerprint density at radius 2 is 2.22 bits per heavy atom. The molecule has 23 heavy (non-hydrogen) atoms. The highest BCUT2D eigenvalue weighted by atomic mass is 16.1. The molecular weight excluding hydrogens is 290 g/mol. The van der Waals surface area contributed by atoms with Crippen molar-refractivity contribution in [3.05, 3.63) is 66.0 Å². The highest BCUT2D eigenvalue weighted by molar-refractivity contribution is 5.98. The van der Waals surface area contributed by atoms with E-state index < -0.39 is 0 Å². The molecule has 4 aromatic rings. The number of hydrogen-bond donors (Lipinski definition) is 2. The minimum atomic E-state index is -0.136. The van der Waals surface area contributed by atoms with E-state index in [1.165, 1.54) is 5.56 Å². The first-order valence-corrected chi connectivity index (χ1v) is 7.34. The number of benzene rings is 1. The Bertz CT molecular complexity index is 1010. The molecule has 0 saturated carbocycles. The van der Waals surface area contributed by atoms with Crippen molar-refractivity contribution >= 4 is 22.5 Å². The maximum Gasteiger partial charge on any atom is 0.268 e. The first kappa shape index (κ1) is 13.5. The lowest BCUT2D eigenvalue weighted by Gasteiger charge is -2.03. The molecule has 3 aromatic heterocycles. The van der Waals surface area contributed by atoms with E-state index in [1.807, 2.05) is 35.7 Å².